The van der Waals surface area contributed by atoms with E-state index in [0.717, 1.165) is 17.8 Å². The van der Waals surface area contributed by atoms with Crippen molar-refractivity contribution in [2.24, 2.45) is 0 Å². The molecule has 0 saturated carbocycles. The molecular formula is C18H17ClFN3O3S. The quantitative estimate of drug-likeness (QED) is 0.799. The van der Waals surface area contributed by atoms with Crippen molar-refractivity contribution in [3.05, 3.63) is 58.9 Å². The van der Waals surface area contributed by atoms with Gasteiger partial charge in [0.05, 0.1) is 15.5 Å². The van der Waals surface area contributed by atoms with Crippen LogP contribution >= 0.6 is 11.6 Å². The number of nitrogens with one attached hydrogen (secondary N) is 2. The molecule has 2 aliphatic heterocycles. The van der Waals surface area contributed by atoms with E-state index in [4.69, 9.17) is 11.6 Å². The monoisotopic (exact) mass is 409 g/mol. The zero-order chi connectivity index (χ0) is 19.2. The Labute approximate surface area is 161 Å². The predicted octanol–water partition coefficient (Wildman–Crippen LogP) is 2.82. The van der Waals surface area contributed by atoms with Crippen LogP contribution in [0.1, 0.15) is 23.2 Å². The first-order valence-corrected chi connectivity index (χ1v) is 10.3. The number of piperidine rings is 1. The van der Waals surface area contributed by atoms with E-state index in [1.54, 1.807) is 12.1 Å². The van der Waals surface area contributed by atoms with E-state index in [1.165, 1.54) is 10.4 Å². The van der Waals surface area contributed by atoms with E-state index < -0.39 is 21.5 Å². The Bertz CT molecular complexity index is 1020. The molecule has 1 amide bonds. The molecule has 1 saturated heterocycles. The summed E-state index contributed by atoms with van der Waals surface area (Å²) in [5.41, 5.74) is 0.625. The van der Waals surface area contributed by atoms with Gasteiger partial charge in [-0.2, -0.15) is 4.31 Å². The molecular weight excluding hydrogens is 393 g/mol. The number of rotatable bonds is 2. The average Bonchev–Trinajstić information content (AvgIpc) is 2.64. The molecule has 0 radical (unpaired) electrons. The van der Waals surface area contributed by atoms with Crippen molar-refractivity contribution in [2.75, 3.05) is 18.4 Å². The van der Waals surface area contributed by atoms with Gasteiger partial charge in [-0.1, -0.05) is 23.7 Å². The third kappa shape index (κ3) is 3.18. The second kappa shape index (κ2) is 6.47. The molecule has 1 spiro atoms. The van der Waals surface area contributed by atoms with Gasteiger partial charge in [-0.3, -0.25) is 4.79 Å². The fourth-order valence-electron chi connectivity index (χ4n) is 3.51. The largest absolute Gasteiger partial charge is 0.362 e. The Morgan fingerprint density at radius 1 is 1.07 bits per heavy atom. The molecule has 2 aliphatic rings. The summed E-state index contributed by atoms with van der Waals surface area (Å²) in [5.74, 6) is -0.841. The van der Waals surface area contributed by atoms with Crippen molar-refractivity contribution < 1.29 is 17.6 Å². The van der Waals surface area contributed by atoms with Crippen LogP contribution in [0.15, 0.2) is 47.4 Å². The van der Waals surface area contributed by atoms with E-state index in [0.29, 0.717) is 18.4 Å². The van der Waals surface area contributed by atoms with Crippen molar-refractivity contribution in [3.8, 4) is 0 Å². The number of para-hydroxylation sites is 1. The maximum absolute atomic E-state index is 13.3. The van der Waals surface area contributed by atoms with Crippen molar-refractivity contribution >= 4 is 33.2 Å². The Morgan fingerprint density at radius 3 is 2.48 bits per heavy atom. The lowest BCUT2D eigenvalue weighted by Gasteiger charge is -2.45. The molecule has 1 fully saturated rings. The maximum Gasteiger partial charge on any atom is 0.255 e. The number of halogens is 2. The molecule has 142 valence electrons. The van der Waals surface area contributed by atoms with E-state index in [9.17, 15) is 17.6 Å². The minimum absolute atomic E-state index is 0.0455. The Kier molecular flexibility index (Phi) is 4.37. The second-order valence-electron chi connectivity index (χ2n) is 6.69. The highest BCUT2D eigenvalue weighted by Gasteiger charge is 2.42. The first kappa shape index (κ1) is 18.2. The van der Waals surface area contributed by atoms with Crippen LogP contribution in [0.4, 0.5) is 10.1 Å². The zero-order valence-electron chi connectivity index (χ0n) is 14.2. The van der Waals surface area contributed by atoms with Crippen LogP contribution in [0.2, 0.25) is 5.02 Å². The molecule has 4 rings (SSSR count). The molecule has 0 aliphatic carbocycles. The van der Waals surface area contributed by atoms with E-state index in [-0.39, 0.29) is 28.9 Å². The molecule has 6 nitrogen and oxygen atoms in total. The molecule has 9 heteroatoms. The van der Waals surface area contributed by atoms with Gasteiger partial charge in [-0.15, -0.1) is 0 Å². The van der Waals surface area contributed by atoms with Gasteiger partial charge in [-0.25, -0.2) is 12.8 Å². The van der Waals surface area contributed by atoms with Crippen LogP contribution in [0, 0.1) is 5.82 Å². The van der Waals surface area contributed by atoms with Gasteiger partial charge in [0.25, 0.3) is 5.91 Å². The van der Waals surface area contributed by atoms with Gasteiger partial charge in [0.1, 0.15) is 11.5 Å². The molecule has 2 aromatic carbocycles. The van der Waals surface area contributed by atoms with E-state index in [1.807, 2.05) is 12.1 Å². The lowest BCUT2D eigenvalue weighted by molar-refractivity contribution is 0.0865. The predicted molar refractivity (Wildman–Crippen MR) is 99.7 cm³/mol. The smallest absolute Gasteiger partial charge is 0.255 e. The maximum atomic E-state index is 13.3. The molecule has 2 aromatic rings. The number of sulfonamides is 1. The number of carbonyl (C=O) groups excluding carboxylic acids is 1. The van der Waals surface area contributed by atoms with Crippen molar-refractivity contribution in [1.29, 1.82) is 0 Å². The third-order valence-electron chi connectivity index (χ3n) is 5.00. The van der Waals surface area contributed by atoms with Crippen molar-refractivity contribution in [1.82, 2.24) is 9.62 Å². The van der Waals surface area contributed by atoms with Gasteiger partial charge in [0, 0.05) is 31.6 Å². The minimum atomic E-state index is -3.79. The van der Waals surface area contributed by atoms with Crippen LogP contribution in [-0.2, 0) is 10.0 Å². The van der Waals surface area contributed by atoms with Gasteiger partial charge >= 0.3 is 0 Å². The molecule has 2 N–H and O–H groups in total. The number of benzene rings is 2. The molecule has 0 unspecified atom stereocenters. The SMILES string of the molecule is O=C1NC2(CCN(S(=O)(=O)c3ccc(F)c(Cl)c3)CC2)Nc2ccccc21. The Hall–Kier alpha value is -2.16. The van der Waals surface area contributed by atoms with Gasteiger partial charge < -0.3 is 10.6 Å². The number of nitrogens with zero attached hydrogens (tertiary/aromatic N) is 1. The average molecular weight is 410 g/mol. The number of fused-ring (bicyclic) bond motifs is 1. The second-order valence-corrected chi connectivity index (χ2v) is 9.03. The lowest BCUT2D eigenvalue weighted by Crippen LogP contribution is -2.62. The van der Waals surface area contributed by atoms with E-state index in [2.05, 4.69) is 10.6 Å². The zero-order valence-corrected chi connectivity index (χ0v) is 15.8. The molecule has 0 aromatic heterocycles. The summed E-state index contributed by atoms with van der Waals surface area (Å²) < 4.78 is 40.3. The summed E-state index contributed by atoms with van der Waals surface area (Å²) in [7, 11) is -3.79. The number of anilines is 1. The van der Waals surface area contributed by atoms with Crippen molar-refractivity contribution in [2.45, 2.75) is 23.4 Å². The summed E-state index contributed by atoms with van der Waals surface area (Å²) in [5, 5.41) is 6.09. The fourth-order valence-corrected chi connectivity index (χ4v) is 5.22. The van der Waals surface area contributed by atoms with E-state index >= 15 is 0 Å². The first-order valence-electron chi connectivity index (χ1n) is 8.46. The van der Waals surface area contributed by atoms with Crippen LogP contribution in [-0.4, -0.2) is 37.4 Å². The summed E-state index contributed by atoms with van der Waals surface area (Å²) in [6.07, 6.45) is 0.808. The summed E-state index contributed by atoms with van der Waals surface area (Å²) >= 11 is 5.72. The topological polar surface area (TPSA) is 78.5 Å². The van der Waals surface area contributed by atoms with Crippen LogP contribution in [0.3, 0.4) is 0 Å². The lowest BCUT2D eigenvalue weighted by atomic mass is 9.93. The first-order chi connectivity index (χ1) is 12.8. The van der Waals surface area contributed by atoms with Gasteiger partial charge in [0.2, 0.25) is 10.0 Å². The van der Waals surface area contributed by atoms with Gasteiger partial charge in [-0.05, 0) is 30.3 Å². The molecule has 0 bridgehead atoms. The highest BCUT2D eigenvalue weighted by Crippen LogP contribution is 2.33. The summed E-state index contributed by atoms with van der Waals surface area (Å²) in [6, 6.07) is 10.6. The molecule has 2 heterocycles. The Morgan fingerprint density at radius 2 is 1.78 bits per heavy atom. The number of hydrogen-bond donors (Lipinski definition) is 2. The fraction of sp³-hybridized carbons (Fsp3) is 0.278. The van der Waals surface area contributed by atoms with Gasteiger partial charge in [0.15, 0.2) is 0 Å². The highest BCUT2D eigenvalue weighted by atomic mass is 35.5. The summed E-state index contributed by atoms with van der Waals surface area (Å²) in [4.78, 5) is 12.3. The van der Waals surface area contributed by atoms with Crippen LogP contribution in [0.5, 0.6) is 0 Å². The molecule has 27 heavy (non-hydrogen) atoms. The van der Waals surface area contributed by atoms with Crippen LogP contribution < -0.4 is 10.6 Å². The van der Waals surface area contributed by atoms with Crippen molar-refractivity contribution in [3.63, 3.8) is 0 Å². The molecule has 0 atom stereocenters. The summed E-state index contributed by atoms with van der Waals surface area (Å²) in [6.45, 7) is 0.430. The third-order valence-corrected chi connectivity index (χ3v) is 7.19. The standard InChI is InChI=1S/C18H17ClFN3O3S/c19-14-11-12(5-6-15(14)20)27(25,26)23-9-7-18(8-10-23)21-16-4-2-1-3-13(16)17(24)22-18/h1-6,11,21H,7-10H2,(H,22,24). The number of amides is 1. The highest BCUT2D eigenvalue weighted by molar-refractivity contribution is 7.89. The normalized spacial score (nSPS) is 19.3. The minimum Gasteiger partial charge on any atom is -0.362 e. The number of hydrogen-bond acceptors (Lipinski definition) is 4. The van der Waals surface area contributed by atoms with Crippen LogP contribution in [0.25, 0.3) is 0 Å². The number of carbonyl (C=O) groups is 1. The Balaban J connectivity index is 1.54.